The molecule has 1 saturated heterocycles. The Balaban J connectivity index is 1.78. The van der Waals surface area contributed by atoms with Crippen molar-refractivity contribution in [1.29, 1.82) is 0 Å². The number of nitrogens with one attached hydrogen (secondary N) is 1. The number of anilines is 1. The van der Waals surface area contributed by atoms with E-state index in [1.54, 1.807) is 0 Å². The van der Waals surface area contributed by atoms with E-state index in [1.165, 1.54) is 0 Å². The molecule has 1 N–H and O–H groups in total. The van der Waals surface area contributed by atoms with Gasteiger partial charge in [-0.05, 0) is 42.9 Å². The summed E-state index contributed by atoms with van der Waals surface area (Å²) < 4.78 is 0. The zero-order valence-electron chi connectivity index (χ0n) is 13.7. The summed E-state index contributed by atoms with van der Waals surface area (Å²) in [5.41, 5.74) is 2.90. The molecule has 3 rings (SSSR count). The van der Waals surface area contributed by atoms with Gasteiger partial charge >= 0.3 is 0 Å². The van der Waals surface area contributed by atoms with Crippen LogP contribution in [0.15, 0.2) is 12.1 Å². The number of nitrogens with zero attached hydrogens (tertiary/aromatic N) is 1. The number of aryl methyl sites for hydroxylation is 1. The van der Waals surface area contributed by atoms with Crippen molar-refractivity contribution in [2.24, 2.45) is 5.92 Å². The van der Waals surface area contributed by atoms with Crippen LogP contribution in [0.2, 0.25) is 5.02 Å². The number of carbonyl (C=O) groups excluding carboxylic acids is 2. The van der Waals surface area contributed by atoms with Crippen molar-refractivity contribution in [3.05, 3.63) is 28.3 Å². The number of hydrogen-bond donors (Lipinski definition) is 1. The van der Waals surface area contributed by atoms with Crippen molar-refractivity contribution < 1.29 is 9.59 Å². The van der Waals surface area contributed by atoms with E-state index in [0.29, 0.717) is 24.0 Å². The number of halogens is 1. The second-order valence-electron chi connectivity index (χ2n) is 6.43. The largest absolute Gasteiger partial charge is 0.339 e. The molecule has 1 heterocycles. The fourth-order valence-electron chi connectivity index (χ4n) is 3.34. The molecule has 0 spiro atoms. The van der Waals surface area contributed by atoms with Gasteiger partial charge in [0.05, 0.1) is 5.92 Å². The molecule has 2 aliphatic rings. The van der Waals surface area contributed by atoms with Gasteiger partial charge in [0, 0.05) is 29.7 Å². The molecule has 1 unspecified atom stereocenters. The molecule has 5 heteroatoms. The summed E-state index contributed by atoms with van der Waals surface area (Å²) in [6.07, 6.45) is 4.08. The van der Waals surface area contributed by atoms with Crippen LogP contribution in [0.25, 0.3) is 0 Å². The van der Waals surface area contributed by atoms with Crippen LogP contribution in [0.5, 0.6) is 0 Å². The number of likely N-dealkylation sites (tertiary alicyclic amines) is 1. The lowest BCUT2D eigenvalue weighted by Crippen LogP contribution is -2.30. The van der Waals surface area contributed by atoms with E-state index in [2.05, 4.69) is 12.2 Å². The van der Waals surface area contributed by atoms with Crippen LogP contribution in [0.4, 0.5) is 5.69 Å². The first-order chi connectivity index (χ1) is 11.0. The minimum atomic E-state index is -0.253. The summed E-state index contributed by atoms with van der Waals surface area (Å²) in [5, 5.41) is 3.74. The van der Waals surface area contributed by atoms with Crippen molar-refractivity contribution in [2.45, 2.75) is 52.0 Å². The van der Waals surface area contributed by atoms with Crippen molar-refractivity contribution in [2.75, 3.05) is 11.9 Å². The molecule has 1 aliphatic carbocycles. The summed E-state index contributed by atoms with van der Waals surface area (Å²) >= 11 is 6.28. The van der Waals surface area contributed by atoms with E-state index in [-0.39, 0.29) is 17.7 Å². The van der Waals surface area contributed by atoms with Gasteiger partial charge in [-0.3, -0.25) is 9.59 Å². The third kappa shape index (κ3) is 3.23. The first kappa shape index (κ1) is 16.3. The van der Waals surface area contributed by atoms with E-state index in [0.717, 1.165) is 42.5 Å². The smallest absolute Gasteiger partial charge is 0.229 e. The van der Waals surface area contributed by atoms with Crippen LogP contribution in [0.3, 0.4) is 0 Å². The molecule has 1 atom stereocenters. The second-order valence-corrected chi connectivity index (χ2v) is 6.84. The molecule has 1 saturated carbocycles. The lowest BCUT2D eigenvalue weighted by Gasteiger charge is -2.18. The Morgan fingerprint density at radius 1 is 1.30 bits per heavy atom. The molecule has 23 heavy (non-hydrogen) atoms. The minimum absolute atomic E-state index is 0.0619. The van der Waals surface area contributed by atoms with E-state index in [1.807, 2.05) is 24.0 Å². The second kappa shape index (κ2) is 6.52. The Hall–Kier alpha value is -1.55. The van der Waals surface area contributed by atoms with Crippen LogP contribution < -0.4 is 5.32 Å². The number of amides is 2. The number of hydrogen-bond acceptors (Lipinski definition) is 2. The number of rotatable bonds is 5. The first-order valence-corrected chi connectivity index (χ1v) is 8.83. The van der Waals surface area contributed by atoms with Gasteiger partial charge in [-0.25, -0.2) is 0 Å². The normalized spacial score (nSPS) is 20.9. The Labute approximate surface area is 142 Å². The topological polar surface area (TPSA) is 49.4 Å². The number of benzene rings is 1. The van der Waals surface area contributed by atoms with Crippen LogP contribution in [-0.2, 0) is 22.4 Å². The van der Waals surface area contributed by atoms with Crippen LogP contribution in [-0.4, -0.2) is 29.3 Å². The molecule has 0 bridgehead atoms. The molecule has 1 aromatic carbocycles. The Morgan fingerprint density at radius 2 is 2.04 bits per heavy atom. The Bertz CT molecular complexity index is 640. The fraction of sp³-hybridized carbons (Fsp3) is 0.556. The van der Waals surface area contributed by atoms with Gasteiger partial charge in [0.15, 0.2) is 0 Å². The maximum absolute atomic E-state index is 12.7. The average molecular weight is 335 g/mol. The third-order valence-electron chi connectivity index (χ3n) is 4.84. The van der Waals surface area contributed by atoms with Gasteiger partial charge in [-0.1, -0.05) is 31.5 Å². The molecule has 1 aromatic rings. The summed E-state index contributed by atoms with van der Waals surface area (Å²) in [7, 11) is 0. The van der Waals surface area contributed by atoms with E-state index in [9.17, 15) is 9.59 Å². The highest BCUT2D eigenvalue weighted by Crippen LogP contribution is 2.34. The standard InChI is InChI=1S/C18H23ClN2O2/c1-3-11-5-8-15(19)14(4-2)17(11)20-18(23)12-9-16(22)21(10-12)13-6-7-13/h5,8,12-13H,3-4,6-7,9-10H2,1-2H3,(H,20,23). The molecule has 2 fully saturated rings. The molecule has 0 radical (unpaired) electrons. The molecule has 1 aliphatic heterocycles. The van der Waals surface area contributed by atoms with Crippen molar-refractivity contribution in [3.8, 4) is 0 Å². The molecule has 0 aromatic heterocycles. The van der Waals surface area contributed by atoms with E-state index < -0.39 is 0 Å². The maximum atomic E-state index is 12.7. The Kier molecular flexibility index (Phi) is 4.62. The van der Waals surface area contributed by atoms with Gasteiger partial charge in [0.1, 0.15) is 0 Å². The van der Waals surface area contributed by atoms with Crippen molar-refractivity contribution >= 4 is 29.1 Å². The minimum Gasteiger partial charge on any atom is -0.339 e. The van der Waals surface area contributed by atoms with Crippen molar-refractivity contribution in [3.63, 3.8) is 0 Å². The van der Waals surface area contributed by atoms with E-state index in [4.69, 9.17) is 11.6 Å². The van der Waals surface area contributed by atoms with E-state index >= 15 is 0 Å². The van der Waals surface area contributed by atoms with Gasteiger partial charge < -0.3 is 10.2 Å². The molecule has 2 amide bonds. The predicted molar refractivity (Wildman–Crippen MR) is 91.7 cm³/mol. The molecule has 4 nitrogen and oxygen atoms in total. The summed E-state index contributed by atoms with van der Waals surface area (Å²) in [6, 6.07) is 4.24. The van der Waals surface area contributed by atoms with Gasteiger partial charge in [-0.15, -0.1) is 0 Å². The lowest BCUT2D eigenvalue weighted by atomic mass is 10.0. The van der Waals surface area contributed by atoms with Crippen LogP contribution >= 0.6 is 11.6 Å². The Morgan fingerprint density at radius 3 is 2.65 bits per heavy atom. The zero-order valence-corrected chi connectivity index (χ0v) is 14.4. The third-order valence-corrected chi connectivity index (χ3v) is 5.20. The highest BCUT2D eigenvalue weighted by Gasteiger charge is 2.41. The van der Waals surface area contributed by atoms with Crippen LogP contribution in [0.1, 0.15) is 44.2 Å². The predicted octanol–water partition coefficient (Wildman–Crippen LogP) is 3.41. The summed E-state index contributed by atoms with van der Waals surface area (Å²) in [5.74, 6) is -0.199. The van der Waals surface area contributed by atoms with Crippen LogP contribution in [0, 0.1) is 5.92 Å². The highest BCUT2D eigenvalue weighted by atomic mass is 35.5. The molecular weight excluding hydrogens is 312 g/mol. The zero-order chi connectivity index (χ0) is 16.6. The summed E-state index contributed by atoms with van der Waals surface area (Å²) in [6.45, 7) is 4.65. The van der Waals surface area contributed by atoms with Gasteiger partial charge in [0.25, 0.3) is 0 Å². The molecule has 124 valence electrons. The fourth-order valence-corrected chi connectivity index (χ4v) is 3.63. The monoisotopic (exact) mass is 334 g/mol. The van der Waals surface area contributed by atoms with Gasteiger partial charge in [0.2, 0.25) is 11.8 Å². The molecular formula is C18H23ClN2O2. The number of carbonyl (C=O) groups is 2. The maximum Gasteiger partial charge on any atom is 0.229 e. The SMILES string of the molecule is CCc1ccc(Cl)c(CC)c1NC(=O)C1CC(=O)N(C2CC2)C1. The van der Waals surface area contributed by atoms with Crippen molar-refractivity contribution in [1.82, 2.24) is 4.90 Å². The highest BCUT2D eigenvalue weighted by molar-refractivity contribution is 6.32. The quantitative estimate of drug-likeness (QED) is 0.897. The first-order valence-electron chi connectivity index (χ1n) is 8.45. The lowest BCUT2D eigenvalue weighted by molar-refractivity contribution is -0.128. The average Bonchev–Trinajstić information content (AvgIpc) is 3.30. The summed E-state index contributed by atoms with van der Waals surface area (Å²) in [4.78, 5) is 26.6. The van der Waals surface area contributed by atoms with Gasteiger partial charge in [-0.2, -0.15) is 0 Å².